The van der Waals surface area contributed by atoms with Gasteiger partial charge in [0.05, 0.1) is 40.0 Å². The zero-order chi connectivity index (χ0) is 20.0. The van der Waals surface area contributed by atoms with Crippen LogP contribution < -0.4 is 10.2 Å². The summed E-state index contributed by atoms with van der Waals surface area (Å²) in [6.45, 7) is 8.95. The Morgan fingerprint density at radius 1 is 1.04 bits per heavy atom. The number of aryl methyl sites for hydroxylation is 1. The molecule has 0 atom stereocenters. The predicted molar refractivity (Wildman–Crippen MR) is 119 cm³/mol. The van der Waals surface area contributed by atoms with Crippen molar-refractivity contribution in [2.75, 3.05) is 65.4 Å². The zero-order valence-corrected chi connectivity index (χ0v) is 18.5. The van der Waals surface area contributed by atoms with Crippen LogP contribution in [0.1, 0.15) is 11.1 Å². The second-order valence-electron chi connectivity index (χ2n) is 8.47. The molecule has 28 heavy (non-hydrogen) atoms. The van der Waals surface area contributed by atoms with Crippen molar-refractivity contribution in [2.24, 2.45) is 0 Å². The third-order valence-electron chi connectivity index (χ3n) is 4.96. The summed E-state index contributed by atoms with van der Waals surface area (Å²) in [6.07, 6.45) is 0. The standard InChI is InChI=1S/C23H34N3OS/c1-19-17-20(18-27-16-15-26(2,3)4)9-10-22(19)28-23-8-6-5-7-21(23)25-13-11-24-12-14-25/h5-10,17,24H,11-16,18H2,1-4H3/q+1. The first kappa shape index (κ1) is 21.2. The Balaban J connectivity index is 1.64. The van der Waals surface area contributed by atoms with Gasteiger partial charge in [-0.25, -0.2) is 0 Å². The largest absolute Gasteiger partial charge is 0.371 e. The van der Waals surface area contributed by atoms with Crippen molar-refractivity contribution in [3.63, 3.8) is 0 Å². The summed E-state index contributed by atoms with van der Waals surface area (Å²) in [5, 5.41) is 3.44. The number of rotatable bonds is 8. The fourth-order valence-corrected chi connectivity index (χ4v) is 4.31. The van der Waals surface area contributed by atoms with Crippen molar-refractivity contribution in [3.05, 3.63) is 53.6 Å². The van der Waals surface area contributed by atoms with Gasteiger partial charge in [0.1, 0.15) is 6.54 Å². The van der Waals surface area contributed by atoms with Gasteiger partial charge in [-0.05, 0) is 36.2 Å². The van der Waals surface area contributed by atoms with E-state index in [4.69, 9.17) is 4.74 Å². The first-order chi connectivity index (χ1) is 13.4. The highest BCUT2D eigenvalue weighted by molar-refractivity contribution is 7.99. The van der Waals surface area contributed by atoms with Crippen LogP contribution in [0.3, 0.4) is 0 Å². The van der Waals surface area contributed by atoms with Crippen LogP contribution in [0.2, 0.25) is 0 Å². The van der Waals surface area contributed by atoms with E-state index in [1.165, 1.54) is 26.6 Å². The first-order valence-corrected chi connectivity index (χ1v) is 10.9. The van der Waals surface area contributed by atoms with E-state index in [-0.39, 0.29) is 0 Å². The highest BCUT2D eigenvalue weighted by atomic mass is 32.2. The number of likely N-dealkylation sites (N-methyl/N-ethyl adjacent to an activating group) is 1. The van der Waals surface area contributed by atoms with Crippen molar-refractivity contribution >= 4 is 17.4 Å². The molecule has 0 radical (unpaired) electrons. The number of hydrogen-bond acceptors (Lipinski definition) is 4. The van der Waals surface area contributed by atoms with Crippen molar-refractivity contribution in [3.8, 4) is 0 Å². The third kappa shape index (κ3) is 6.24. The Labute approximate surface area is 174 Å². The van der Waals surface area contributed by atoms with Crippen LogP contribution in [0.5, 0.6) is 0 Å². The van der Waals surface area contributed by atoms with Gasteiger partial charge >= 0.3 is 0 Å². The van der Waals surface area contributed by atoms with Crippen LogP contribution in [0.4, 0.5) is 5.69 Å². The van der Waals surface area contributed by atoms with E-state index in [1.54, 1.807) is 0 Å². The summed E-state index contributed by atoms with van der Waals surface area (Å²) in [5.74, 6) is 0. The van der Waals surface area contributed by atoms with Gasteiger partial charge in [-0.1, -0.05) is 36.0 Å². The van der Waals surface area contributed by atoms with Crippen LogP contribution in [0, 0.1) is 6.92 Å². The SMILES string of the molecule is Cc1cc(COCC[N+](C)(C)C)ccc1Sc1ccccc1N1CCNCC1. The molecular weight excluding hydrogens is 366 g/mol. The quantitative estimate of drug-likeness (QED) is 0.538. The molecule has 0 unspecified atom stereocenters. The van der Waals surface area contributed by atoms with Gasteiger partial charge in [0, 0.05) is 36.0 Å². The van der Waals surface area contributed by atoms with Crippen molar-refractivity contribution in [1.29, 1.82) is 0 Å². The van der Waals surface area contributed by atoms with E-state index in [9.17, 15) is 0 Å². The maximum atomic E-state index is 5.87. The van der Waals surface area contributed by atoms with Gasteiger partial charge in [0.2, 0.25) is 0 Å². The van der Waals surface area contributed by atoms with Gasteiger partial charge < -0.3 is 19.4 Å². The molecule has 0 bridgehead atoms. The van der Waals surface area contributed by atoms with Gasteiger partial charge in [-0.15, -0.1) is 0 Å². The summed E-state index contributed by atoms with van der Waals surface area (Å²) in [5.41, 5.74) is 3.91. The van der Waals surface area contributed by atoms with Crippen molar-refractivity contribution in [1.82, 2.24) is 5.32 Å². The molecule has 2 aromatic carbocycles. The number of nitrogens with one attached hydrogen (secondary N) is 1. The highest BCUT2D eigenvalue weighted by Crippen LogP contribution is 2.37. The molecule has 3 rings (SSSR count). The molecule has 0 saturated carbocycles. The summed E-state index contributed by atoms with van der Waals surface area (Å²) in [4.78, 5) is 5.14. The van der Waals surface area contributed by atoms with Gasteiger partial charge in [-0.2, -0.15) is 0 Å². The number of nitrogens with zero attached hydrogens (tertiary/aromatic N) is 2. The molecule has 1 fully saturated rings. The maximum absolute atomic E-state index is 5.87. The third-order valence-corrected chi connectivity index (χ3v) is 6.20. The minimum atomic E-state index is 0.684. The molecule has 1 heterocycles. The highest BCUT2D eigenvalue weighted by Gasteiger charge is 2.15. The van der Waals surface area contributed by atoms with Crippen LogP contribution >= 0.6 is 11.8 Å². The number of para-hydroxylation sites is 1. The smallest absolute Gasteiger partial charge is 0.102 e. The second kappa shape index (κ2) is 9.79. The van der Waals surface area contributed by atoms with Crippen LogP contribution in [-0.4, -0.2) is 65.0 Å². The minimum absolute atomic E-state index is 0.684. The number of ether oxygens (including phenoxy) is 1. The van der Waals surface area contributed by atoms with Crippen molar-refractivity contribution < 1.29 is 9.22 Å². The Kier molecular flexibility index (Phi) is 7.41. The monoisotopic (exact) mass is 400 g/mol. The van der Waals surface area contributed by atoms with E-state index in [0.29, 0.717) is 6.61 Å². The van der Waals surface area contributed by atoms with Crippen LogP contribution in [0.25, 0.3) is 0 Å². The number of piperazine rings is 1. The van der Waals surface area contributed by atoms with E-state index >= 15 is 0 Å². The Morgan fingerprint density at radius 3 is 2.50 bits per heavy atom. The molecule has 1 N–H and O–H groups in total. The summed E-state index contributed by atoms with van der Waals surface area (Å²) >= 11 is 1.87. The lowest BCUT2D eigenvalue weighted by molar-refractivity contribution is -0.870. The topological polar surface area (TPSA) is 24.5 Å². The first-order valence-electron chi connectivity index (χ1n) is 10.1. The molecule has 2 aromatic rings. The molecule has 1 aliphatic heterocycles. The number of benzene rings is 2. The van der Waals surface area contributed by atoms with Gasteiger partial charge in [0.15, 0.2) is 0 Å². The normalized spacial score (nSPS) is 15.1. The molecular formula is C23H34N3OS+. The predicted octanol–water partition coefficient (Wildman–Crippen LogP) is 3.78. The molecule has 0 aromatic heterocycles. The van der Waals surface area contributed by atoms with Crippen LogP contribution in [0.15, 0.2) is 52.3 Å². The molecule has 152 valence electrons. The van der Waals surface area contributed by atoms with Gasteiger partial charge in [-0.3, -0.25) is 0 Å². The fraction of sp³-hybridized carbons (Fsp3) is 0.478. The molecule has 1 aliphatic rings. The van der Waals surface area contributed by atoms with E-state index in [1.807, 2.05) is 11.8 Å². The molecule has 5 heteroatoms. The average molecular weight is 401 g/mol. The molecule has 1 saturated heterocycles. The Bertz CT molecular complexity index is 767. The minimum Gasteiger partial charge on any atom is -0.371 e. The molecule has 4 nitrogen and oxygen atoms in total. The Hall–Kier alpha value is -1.53. The zero-order valence-electron chi connectivity index (χ0n) is 17.7. The fourth-order valence-electron chi connectivity index (χ4n) is 3.27. The van der Waals surface area contributed by atoms with E-state index < -0.39 is 0 Å². The summed E-state index contributed by atoms with van der Waals surface area (Å²) in [7, 11) is 6.58. The number of quaternary nitrogens is 1. The summed E-state index contributed by atoms with van der Waals surface area (Å²) in [6, 6.07) is 15.5. The van der Waals surface area contributed by atoms with Gasteiger partial charge in [0.25, 0.3) is 0 Å². The lowest BCUT2D eigenvalue weighted by atomic mass is 10.1. The average Bonchev–Trinajstić information content (AvgIpc) is 2.68. The molecule has 0 spiro atoms. The maximum Gasteiger partial charge on any atom is 0.102 e. The second-order valence-corrected chi connectivity index (χ2v) is 9.56. The number of anilines is 1. The van der Waals surface area contributed by atoms with E-state index in [0.717, 1.165) is 43.8 Å². The number of hydrogen-bond donors (Lipinski definition) is 1. The lowest BCUT2D eigenvalue weighted by Gasteiger charge is -2.31. The Morgan fingerprint density at radius 2 is 1.79 bits per heavy atom. The summed E-state index contributed by atoms with van der Waals surface area (Å²) < 4.78 is 6.80. The molecule has 0 aliphatic carbocycles. The lowest BCUT2D eigenvalue weighted by Crippen LogP contribution is -2.43. The van der Waals surface area contributed by atoms with Crippen molar-refractivity contribution in [2.45, 2.75) is 23.3 Å². The van der Waals surface area contributed by atoms with E-state index in [2.05, 4.69) is 80.7 Å². The molecule has 0 amide bonds. The van der Waals surface area contributed by atoms with Crippen LogP contribution in [-0.2, 0) is 11.3 Å².